The maximum atomic E-state index is 13.2. The fourth-order valence-electron chi connectivity index (χ4n) is 1.71. The molecule has 1 aromatic heterocycles. The Balaban J connectivity index is 2.22. The summed E-state index contributed by atoms with van der Waals surface area (Å²) in [7, 11) is 1.82. The molecule has 0 aliphatic carbocycles. The number of hydrogen-bond acceptors (Lipinski definition) is 3. The number of rotatable bonds is 4. The molecule has 4 nitrogen and oxygen atoms in total. The molecule has 0 aliphatic rings. The Morgan fingerprint density at radius 2 is 2.28 bits per heavy atom. The maximum Gasteiger partial charge on any atom is 0.139 e. The Morgan fingerprint density at radius 1 is 1.50 bits per heavy atom. The Hall–Kier alpha value is -1.88. The van der Waals surface area contributed by atoms with E-state index in [1.165, 1.54) is 12.1 Å². The lowest BCUT2D eigenvalue weighted by molar-refractivity contribution is 0.212. The molecule has 96 valence electrons. The number of benzene rings is 1. The summed E-state index contributed by atoms with van der Waals surface area (Å²) in [5.74, 6) is 0.187. The zero-order chi connectivity index (χ0) is 13.1. The number of halogens is 1. The largest absolute Gasteiger partial charge is 0.484 e. The monoisotopic (exact) mass is 249 g/mol. The number of aromatic nitrogens is 2. The van der Waals surface area contributed by atoms with E-state index in [1.807, 2.05) is 20.2 Å². The molecule has 0 aliphatic heterocycles. The number of ether oxygens (including phenoxy) is 1. The van der Waals surface area contributed by atoms with Gasteiger partial charge in [0.15, 0.2) is 0 Å². The van der Waals surface area contributed by atoms with E-state index >= 15 is 0 Å². The second-order valence-corrected chi connectivity index (χ2v) is 4.20. The highest BCUT2D eigenvalue weighted by Crippen LogP contribution is 2.25. The third kappa shape index (κ3) is 2.68. The molecule has 1 aromatic carbocycles. The van der Waals surface area contributed by atoms with E-state index in [2.05, 4.69) is 5.10 Å². The van der Waals surface area contributed by atoms with Gasteiger partial charge in [-0.2, -0.15) is 5.10 Å². The van der Waals surface area contributed by atoms with Crippen molar-refractivity contribution in [3.05, 3.63) is 47.5 Å². The van der Waals surface area contributed by atoms with Gasteiger partial charge in [-0.25, -0.2) is 4.39 Å². The van der Waals surface area contributed by atoms with Crippen LogP contribution in [-0.2, 0) is 7.05 Å². The van der Waals surface area contributed by atoms with Crippen LogP contribution in [0.3, 0.4) is 0 Å². The number of nitrogens with two attached hydrogens (primary N) is 1. The first kappa shape index (κ1) is 12.6. The van der Waals surface area contributed by atoms with Gasteiger partial charge in [0.05, 0.1) is 6.20 Å². The fourth-order valence-corrected chi connectivity index (χ4v) is 1.71. The number of hydrogen-bond donors (Lipinski definition) is 1. The van der Waals surface area contributed by atoms with Crippen molar-refractivity contribution in [3.63, 3.8) is 0 Å². The van der Waals surface area contributed by atoms with Crippen LogP contribution in [0.4, 0.5) is 4.39 Å². The molecule has 0 fully saturated rings. The fraction of sp³-hybridized carbons (Fsp3) is 0.308. The molecule has 0 spiro atoms. The van der Waals surface area contributed by atoms with Gasteiger partial charge >= 0.3 is 0 Å². The van der Waals surface area contributed by atoms with Crippen LogP contribution in [0.2, 0.25) is 0 Å². The van der Waals surface area contributed by atoms with Crippen molar-refractivity contribution in [2.75, 3.05) is 6.54 Å². The van der Waals surface area contributed by atoms with Gasteiger partial charge in [-0.05, 0) is 18.6 Å². The molecular formula is C13H16FN3O. The molecule has 2 aromatic rings. The zero-order valence-corrected chi connectivity index (χ0v) is 10.4. The minimum Gasteiger partial charge on any atom is -0.484 e. The minimum absolute atomic E-state index is 0.307. The molecule has 0 radical (unpaired) electrons. The van der Waals surface area contributed by atoms with Gasteiger partial charge in [0.2, 0.25) is 0 Å². The standard InChI is InChI=1S/C13H16FN3O/c1-9-3-4-11(14)5-12(9)18-13(6-15)10-7-16-17(2)8-10/h3-5,7-8,13H,6,15H2,1-2H3. The minimum atomic E-state index is -0.322. The Morgan fingerprint density at radius 3 is 2.89 bits per heavy atom. The summed E-state index contributed by atoms with van der Waals surface area (Å²) in [6.07, 6.45) is 3.22. The van der Waals surface area contributed by atoms with Crippen molar-refractivity contribution in [2.24, 2.45) is 12.8 Å². The molecule has 18 heavy (non-hydrogen) atoms. The second-order valence-electron chi connectivity index (χ2n) is 4.20. The molecule has 0 amide bonds. The van der Waals surface area contributed by atoms with Crippen LogP contribution >= 0.6 is 0 Å². The second kappa shape index (κ2) is 5.18. The van der Waals surface area contributed by atoms with Crippen molar-refractivity contribution >= 4 is 0 Å². The topological polar surface area (TPSA) is 53.1 Å². The van der Waals surface area contributed by atoms with Crippen molar-refractivity contribution < 1.29 is 9.13 Å². The highest BCUT2D eigenvalue weighted by atomic mass is 19.1. The maximum absolute atomic E-state index is 13.2. The predicted molar refractivity (Wildman–Crippen MR) is 66.8 cm³/mol. The summed E-state index contributed by atoms with van der Waals surface area (Å²) in [6, 6.07) is 4.46. The summed E-state index contributed by atoms with van der Waals surface area (Å²) in [5, 5.41) is 4.07. The summed E-state index contributed by atoms with van der Waals surface area (Å²) in [4.78, 5) is 0. The molecule has 1 atom stereocenters. The number of nitrogens with zero attached hydrogens (tertiary/aromatic N) is 2. The summed E-state index contributed by atoms with van der Waals surface area (Å²) >= 11 is 0. The van der Waals surface area contributed by atoms with Gasteiger partial charge < -0.3 is 10.5 Å². The van der Waals surface area contributed by atoms with Crippen molar-refractivity contribution in [1.82, 2.24) is 9.78 Å². The van der Waals surface area contributed by atoms with Crippen LogP contribution < -0.4 is 10.5 Å². The van der Waals surface area contributed by atoms with Gasteiger partial charge in [0.25, 0.3) is 0 Å². The van der Waals surface area contributed by atoms with Gasteiger partial charge in [-0.3, -0.25) is 4.68 Å². The van der Waals surface area contributed by atoms with Crippen LogP contribution in [0, 0.1) is 12.7 Å². The average Bonchev–Trinajstić information content (AvgIpc) is 2.77. The Bertz CT molecular complexity index is 539. The van der Waals surface area contributed by atoms with Gasteiger partial charge in [-0.1, -0.05) is 6.07 Å². The van der Waals surface area contributed by atoms with Crippen LogP contribution in [0.25, 0.3) is 0 Å². The lowest BCUT2D eigenvalue weighted by atomic mass is 10.2. The summed E-state index contributed by atoms with van der Waals surface area (Å²) in [5.41, 5.74) is 7.45. The van der Waals surface area contributed by atoms with E-state index < -0.39 is 0 Å². The molecule has 0 saturated carbocycles. The third-order valence-electron chi connectivity index (χ3n) is 2.73. The van der Waals surface area contributed by atoms with Crippen LogP contribution in [0.1, 0.15) is 17.2 Å². The highest BCUT2D eigenvalue weighted by Gasteiger charge is 2.15. The van der Waals surface area contributed by atoms with Gasteiger partial charge in [0, 0.05) is 31.4 Å². The van der Waals surface area contributed by atoms with Crippen molar-refractivity contribution in [1.29, 1.82) is 0 Å². The van der Waals surface area contributed by atoms with Crippen molar-refractivity contribution in [3.8, 4) is 5.75 Å². The first-order valence-corrected chi connectivity index (χ1v) is 5.71. The molecule has 2 rings (SSSR count). The quantitative estimate of drug-likeness (QED) is 0.901. The van der Waals surface area contributed by atoms with E-state index in [4.69, 9.17) is 10.5 Å². The SMILES string of the molecule is Cc1ccc(F)cc1OC(CN)c1cnn(C)c1. The van der Waals surface area contributed by atoms with Crippen LogP contribution in [-0.4, -0.2) is 16.3 Å². The normalized spacial score (nSPS) is 12.4. The van der Waals surface area contributed by atoms with Crippen LogP contribution in [0.15, 0.2) is 30.6 Å². The zero-order valence-electron chi connectivity index (χ0n) is 10.4. The first-order chi connectivity index (χ1) is 8.60. The van der Waals surface area contributed by atoms with E-state index in [9.17, 15) is 4.39 Å². The Labute approximate surface area is 105 Å². The molecular weight excluding hydrogens is 233 g/mol. The first-order valence-electron chi connectivity index (χ1n) is 5.71. The molecule has 1 heterocycles. The lowest BCUT2D eigenvalue weighted by Gasteiger charge is -2.17. The van der Waals surface area contributed by atoms with E-state index in [0.717, 1.165) is 11.1 Å². The Kier molecular flexibility index (Phi) is 3.62. The lowest BCUT2D eigenvalue weighted by Crippen LogP contribution is -2.18. The molecule has 2 N–H and O–H groups in total. The predicted octanol–water partition coefficient (Wildman–Crippen LogP) is 1.95. The van der Waals surface area contributed by atoms with Gasteiger partial charge in [-0.15, -0.1) is 0 Å². The molecule has 0 bridgehead atoms. The molecule has 5 heteroatoms. The van der Waals surface area contributed by atoms with E-state index in [-0.39, 0.29) is 11.9 Å². The van der Waals surface area contributed by atoms with Crippen molar-refractivity contribution in [2.45, 2.75) is 13.0 Å². The van der Waals surface area contributed by atoms with Crippen LogP contribution in [0.5, 0.6) is 5.75 Å². The summed E-state index contributed by atoms with van der Waals surface area (Å²) in [6.45, 7) is 2.17. The molecule has 0 saturated heterocycles. The third-order valence-corrected chi connectivity index (χ3v) is 2.73. The van der Waals surface area contributed by atoms with Gasteiger partial charge in [0.1, 0.15) is 17.7 Å². The highest BCUT2D eigenvalue weighted by molar-refractivity contribution is 5.33. The smallest absolute Gasteiger partial charge is 0.139 e. The number of aryl methyl sites for hydroxylation is 2. The van der Waals surface area contributed by atoms with E-state index in [0.29, 0.717) is 12.3 Å². The average molecular weight is 249 g/mol. The van der Waals surface area contributed by atoms with E-state index in [1.54, 1.807) is 16.9 Å². The molecule has 1 unspecified atom stereocenters. The summed E-state index contributed by atoms with van der Waals surface area (Å²) < 4.78 is 20.6.